The first kappa shape index (κ1) is 15.6. The van der Waals surface area contributed by atoms with Gasteiger partial charge in [0, 0.05) is 43.7 Å². The number of nitrogens with one attached hydrogen (secondary N) is 2. The maximum absolute atomic E-state index is 12.3. The molecule has 1 atom stereocenters. The van der Waals surface area contributed by atoms with E-state index in [1.807, 2.05) is 30.5 Å². The van der Waals surface area contributed by atoms with E-state index in [1.165, 1.54) is 0 Å². The van der Waals surface area contributed by atoms with Crippen molar-refractivity contribution in [1.82, 2.24) is 15.2 Å². The second-order valence-electron chi connectivity index (χ2n) is 5.72. The zero-order valence-electron chi connectivity index (χ0n) is 13.2. The van der Waals surface area contributed by atoms with Crippen molar-refractivity contribution in [2.75, 3.05) is 20.3 Å². The first-order chi connectivity index (χ1) is 11.2. The van der Waals surface area contributed by atoms with E-state index < -0.39 is 6.04 Å². The molecule has 1 unspecified atom stereocenters. The molecule has 1 saturated heterocycles. The van der Waals surface area contributed by atoms with Crippen LogP contribution < -0.4 is 5.32 Å². The second-order valence-corrected chi connectivity index (χ2v) is 5.72. The Labute approximate surface area is 134 Å². The van der Waals surface area contributed by atoms with Crippen molar-refractivity contribution >= 4 is 22.7 Å². The molecule has 2 N–H and O–H groups in total. The Bertz CT molecular complexity index is 710. The average molecular weight is 315 g/mol. The Hall–Kier alpha value is -2.34. The number of ether oxygens (including phenoxy) is 1. The highest BCUT2D eigenvalue weighted by Crippen LogP contribution is 2.25. The largest absolute Gasteiger partial charge is 0.383 e. The summed E-state index contributed by atoms with van der Waals surface area (Å²) in [6, 6.07) is 7.57. The zero-order chi connectivity index (χ0) is 16.2. The fourth-order valence-corrected chi connectivity index (χ4v) is 3.04. The molecule has 1 aromatic carbocycles. The van der Waals surface area contributed by atoms with Gasteiger partial charge in [-0.3, -0.25) is 9.59 Å². The van der Waals surface area contributed by atoms with Crippen LogP contribution in [-0.4, -0.2) is 48.0 Å². The molecule has 6 heteroatoms. The molecule has 0 spiro atoms. The van der Waals surface area contributed by atoms with Crippen LogP contribution in [0, 0.1) is 0 Å². The average Bonchev–Trinajstić information content (AvgIpc) is 3.13. The third-order valence-electron chi connectivity index (χ3n) is 4.25. The number of H-pyrrole nitrogens is 1. The van der Waals surface area contributed by atoms with Crippen molar-refractivity contribution in [3.05, 3.63) is 36.0 Å². The monoisotopic (exact) mass is 315 g/mol. The number of carbonyl (C=O) groups is 2. The highest BCUT2D eigenvalue weighted by Gasteiger charge is 2.36. The van der Waals surface area contributed by atoms with Crippen molar-refractivity contribution in [2.45, 2.75) is 25.4 Å². The van der Waals surface area contributed by atoms with Crippen LogP contribution in [0.5, 0.6) is 0 Å². The number of hydrogen-bond acceptors (Lipinski definition) is 3. The molecular formula is C17H21N3O3. The van der Waals surface area contributed by atoms with Crippen molar-refractivity contribution < 1.29 is 14.3 Å². The minimum absolute atomic E-state index is 0.0298. The molecule has 122 valence electrons. The van der Waals surface area contributed by atoms with Crippen LogP contribution in [0.3, 0.4) is 0 Å². The first-order valence-corrected chi connectivity index (χ1v) is 7.82. The molecule has 1 aliphatic heterocycles. The zero-order valence-corrected chi connectivity index (χ0v) is 13.2. The summed E-state index contributed by atoms with van der Waals surface area (Å²) in [7, 11) is 1.59. The lowest BCUT2D eigenvalue weighted by molar-refractivity contribution is -0.135. The predicted octanol–water partition coefficient (Wildman–Crippen LogP) is 1.42. The highest BCUT2D eigenvalue weighted by molar-refractivity contribution is 5.91. The van der Waals surface area contributed by atoms with Crippen LogP contribution in [0.25, 0.3) is 10.9 Å². The summed E-state index contributed by atoms with van der Waals surface area (Å²) in [6.45, 7) is 1.38. The van der Waals surface area contributed by atoms with E-state index in [2.05, 4.69) is 10.3 Å². The summed E-state index contributed by atoms with van der Waals surface area (Å²) in [4.78, 5) is 29.4. The van der Waals surface area contributed by atoms with E-state index in [9.17, 15) is 9.59 Å². The number of likely N-dealkylation sites (tertiary alicyclic amines) is 1. The van der Waals surface area contributed by atoms with Gasteiger partial charge in [0.05, 0.1) is 6.61 Å². The first-order valence-electron chi connectivity index (χ1n) is 7.82. The van der Waals surface area contributed by atoms with E-state index in [1.54, 1.807) is 12.0 Å². The van der Waals surface area contributed by atoms with Crippen molar-refractivity contribution in [2.24, 2.45) is 0 Å². The molecule has 0 radical (unpaired) electrons. The molecule has 1 aliphatic rings. The maximum Gasteiger partial charge on any atom is 0.242 e. The number of methoxy groups -OCH3 is 1. The number of hydrogen-bond donors (Lipinski definition) is 2. The van der Waals surface area contributed by atoms with Crippen LogP contribution in [0.15, 0.2) is 30.5 Å². The van der Waals surface area contributed by atoms with Gasteiger partial charge < -0.3 is 19.9 Å². The van der Waals surface area contributed by atoms with Gasteiger partial charge in [-0.05, 0) is 18.1 Å². The van der Waals surface area contributed by atoms with Crippen LogP contribution >= 0.6 is 0 Å². The number of carbonyl (C=O) groups excluding carboxylic acids is 2. The summed E-state index contributed by atoms with van der Waals surface area (Å²) in [6.07, 6.45) is 2.90. The standard InChI is InChI=1S/C17H21N3O3/c1-23-9-8-18-17(22)15-6-7-16(21)20(15)11-12-10-19-14-5-3-2-4-13(12)14/h2-5,10,15,19H,6-9,11H2,1H3,(H,18,22). The summed E-state index contributed by atoms with van der Waals surface area (Å²) in [5.74, 6) is -0.0742. The van der Waals surface area contributed by atoms with Gasteiger partial charge in [-0.25, -0.2) is 0 Å². The molecule has 2 aromatic rings. The predicted molar refractivity (Wildman–Crippen MR) is 86.8 cm³/mol. The number of rotatable bonds is 6. The fraction of sp³-hybridized carbons (Fsp3) is 0.412. The van der Waals surface area contributed by atoms with Crippen molar-refractivity contribution in [3.8, 4) is 0 Å². The number of aromatic amines is 1. The molecule has 2 amide bonds. The molecule has 23 heavy (non-hydrogen) atoms. The smallest absolute Gasteiger partial charge is 0.242 e. The van der Waals surface area contributed by atoms with E-state index in [4.69, 9.17) is 4.74 Å². The van der Waals surface area contributed by atoms with E-state index in [-0.39, 0.29) is 11.8 Å². The normalized spacial score (nSPS) is 17.9. The topological polar surface area (TPSA) is 74.4 Å². The number of aromatic nitrogens is 1. The SMILES string of the molecule is COCCNC(=O)C1CCC(=O)N1Cc1c[nH]c2ccccc12. The Morgan fingerprint density at radius 1 is 1.43 bits per heavy atom. The second kappa shape index (κ2) is 6.83. The third kappa shape index (κ3) is 3.22. The molecule has 1 aromatic heterocycles. The van der Waals surface area contributed by atoms with Gasteiger partial charge in [-0.1, -0.05) is 18.2 Å². The van der Waals surface area contributed by atoms with Crippen molar-refractivity contribution in [3.63, 3.8) is 0 Å². The molecule has 3 rings (SSSR count). The van der Waals surface area contributed by atoms with Gasteiger partial charge in [0.15, 0.2) is 0 Å². The van der Waals surface area contributed by atoms with Crippen LogP contribution in [0.1, 0.15) is 18.4 Å². The van der Waals surface area contributed by atoms with Crippen LogP contribution in [0.2, 0.25) is 0 Å². The lowest BCUT2D eigenvalue weighted by atomic mass is 10.1. The Morgan fingerprint density at radius 3 is 3.09 bits per heavy atom. The third-order valence-corrected chi connectivity index (χ3v) is 4.25. The van der Waals surface area contributed by atoms with Crippen molar-refractivity contribution in [1.29, 1.82) is 0 Å². The summed E-state index contributed by atoms with van der Waals surface area (Å²) in [5.41, 5.74) is 2.07. The van der Waals surface area contributed by atoms with Gasteiger partial charge in [0.25, 0.3) is 0 Å². The minimum Gasteiger partial charge on any atom is -0.383 e. The van der Waals surface area contributed by atoms with Gasteiger partial charge in [0.1, 0.15) is 6.04 Å². The quantitative estimate of drug-likeness (QED) is 0.792. The minimum atomic E-state index is -0.395. The molecule has 2 heterocycles. The van der Waals surface area contributed by atoms with Gasteiger partial charge in [0.2, 0.25) is 11.8 Å². The van der Waals surface area contributed by atoms with E-state index >= 15 is 0 Å². The lowest BCUT2D eigenvalue weighted by Gasteiger charge is -2.24. The number of nitrogens with zero attached hydrogens (tertiary/aromatic N) is 1. The molecule has 0 aliphatic carbocycles. The Balaban J connectivity index is 1.74. The van der Waals surface area contributed by atoms with Crippen LogP contribution in [0.4, 0.5) is 0 Å². The number of amides is 2. The van der Waals surface area contributed by atoms with Gasteiger partial charge in [-0.15, -0.1) is 0 Å². The lowest BCUT2D eigenvalue weighted by Crippen LogP contribution is -2.45. The molecule has 1 fully saturated rings. The van der Waals surface area contributed by atoms with Gasteiger partial charge in [-0.2, -0.15) is 0 Å². The van der Waals surface area contributed by atoms with E-state index in [0.29, 0.717) is 32.5 Å². The molecule has 6 nitrogen and oxygen atoms in total. The molecule has 0 bridgehead atoms. The Morgan fingerprint density at radius 2 is 2.26 bits per heavy atom. The van der Waals surface area contributed by atoms with Gasteiger partial charge >= 0.3 is 0 Å². The number of fused-ring (bicyclic) bond motifs is 1. The summed E-state index contributed by atoms with van der Waals surface area (Å²) < 4.78 is 4.94. The summed E-state index contributed by atoms with van der Waals surface area (Å²) >= 11 is 0. The van der Waals surface area contributed by atoms with Crippen LogP contribution in [-0.2, 0) is 20.9 Å². The molecular weight excluding hydrogens is 294 g/mol. The highest BCUT2D eigenvalue weighted by atomic mass is 16.5. The molecule has 0 saturated carbocycles. The maximum atomic E-state index is 12.3. The fourth-order valence-electron chi connectivity index (χ4n) is 3.04. The number of para-hydroxylation sites is 1. The Kier molecular flexibility index (Phi) is 4.62. The summed E-state index contributed by atoms with van der Waals surface area (Å²) in [5, 5.41) is 3.92. The van der Waals surface area contributed by atoms with E-state index in [0.717, 1.165) is 16.5 Å². The number of benzene rings is 1.